The molecule has 3 rings (SSSR count). The topological polar surface area (TPSA) is 84.0 Å². The highest BCUT2D eigenvalue weighted by Gasteiger charge is 2.30. The van der Waals surface area contributed by atoms with Crippen molar-refractivity contribution in [2.75, 3.05) is 32.8 Å². The van der Waals surface area contributed by atoms with E-state index in [4.69, 9.17) is 4.74 Å². The Labute approximate surface area is 178 Å². The zero-order valence-electron chi connectivity index (χ0n) is 15.9. The highest BCUT2D eigenvalue weighted by atomic mass is 79.9. The summed E-state index contributed by atoms with van der Waals surface area (Å²) in [5.74, 6) is -0.613. The van der Waals surface area contributed by atoms with Crippen LogP contribution >= 0.6 is 15.9 Å². The lowest BCUT2D eigenvalue weighted by Crippen LogP contribution is -2.50. The molecule has 1 saturated heterocycles. The monoisotopic (exact) mass is 480 g/mol. The molecule has 0 aliphatic carbocycles. The van der Waals surface area contributed by atoms with Gasteiger partial charge in [-0.2, -0.15) is 4.31 Å². The predicted molar refractivity (Wildman–Crippen MR) is 111 cm³/mol. The molecule has 1 amide bonds. The Morgan fingerprint density at radius 3 is 2.24 bits per heavy atom. The summed E-state index contributed by atoms with van der Waals surface area (Å²) in [6.07, 6.45) is 0. The molecule has 0 bridgehead atoms. The molecule has 1 aliphatic rings. The third-order valence-electron chi connectivity index (χ3n) is 4.60. The first-order chi connectivity index (χ1) is 13.8. The van der Waals surface area contributed by atoms with Gasteiger partial charge < -0.3 is 9.64 Å². The molecular weight excluding hydrogens is 460 g/mol. The fourth-order valence-electron chi connectivity index (χ4n) is 3.06. The standard InChI is InChI=1S/C20H21BrN2O5S/c1-2-28-20(25)15-6-8-18(9-7-15)29(26,27)23-12-10-22(11-13-23)19(24)16-4-3-5-17(21)14-16/h3-9,14H,2,10-13H2,1H3. The molecule has 154 valence electrons. The van der Waals surface area contributed by atoms with Gasteiger partial charge in [-0.25, -0.2) is 13.2 Å². The normalized spacial score (nSPS) is 15.2. The van der Waals surface area contributed by atoms with Gasteiger partial charge in [0.1, 0.15) is 0 Å². The van der Waals surface area contributed by atoms with E-state index in [1.54, 1.807) is 30.0 Å². The van der Waals surface area contributed by atoms with E-state index in [-0.39, 0.29) is 30.5 Å². The molecule has 1 heterocycles. The number of ether oxygens (including phenoxy) is 1. The van der Waals surface area contributed by atoms with Crippen LogP contribution in [0.1, 0.15) is 27.6 Å². The predicted octanol–water partition coefficient (Wildman–Crippen LogP) is 2.77. The van der Waals surface area contributed by atoms with E-state index in [1.165, 1.54) is 28.6 Å². The lowest BCUT2D eigenvalue weighted by atomic mass is 10.2. The third kappa shape index (κ3) is 4.85. The van der Waals surface area contributed by atoms with Gasteiger partial charge in [-0.15, -0.1) is 0 Å². The van der Waals surface area contributed by atoms with Crippen molar-refractivity contribution in [3.05, 3.63) is 64.1 Å². The summed E-state index contributed by atoms with van der Waals surface area (Å²) in [6.45, 7) is 3.00. The average molecular weight is 481 g/mol. The van der Waals surface area contributed by atoms with E-state index < -0.39 is 16.0 Å². The minimum absolute atomic E-state index is 0.109. The second-order valence-corrected chi connectivity index (χ2v) is 9.31. The van der Waals surface area contributed by atoms with Crippen molar-refractivity contribution in [1.29, 1.82) is 0 Å². The van der Waals surface area contributed by atoms with Crippen molar-refractivity contribution in [2.24, 2.45) is 0 Å². The van der Waals surface area contributed by atoms with E-state index in [0.717, 1.165) is 4.47 Å². The maximum atomic E-state index is 12.9. The van der Waals surface area contributed by atoms with E-state index in [1.807, 2.05) is 6.07 Å². The summed E-state index contributed by atoms with van der Waals surface area (Å²) in [6, 6.07) is 12.8. The molecule has 0 aromatic heterocycles. The first-order valence-electron chi connectivity index (χ1n) is 9.15. The van der Waals surface area contributed by atoms with Gasteiger partial charge in [0.15, 0.2) is 0 Å². The second-order valence-electron chi connectivity index (χ2n) is 6.45. The van der Waals surface area contributed by atoms with E-state index >= 15 is 0 Å². The number of sulfonamides is 1. The van der Waals surface area contributed by atoms with Gasteiger partial charge in [-0.05, 0) is 49.4 Å². The van der Waals surface area contributed by atoms with Crippen molar-refractivity contribution < 1.29 is 22.7 Å². The number of rotatable bonds is 5. The Balaban J connectivity index is 1.66. The van der Waals surface area contributed by atoms with Gasteiger partial charge in [0.05, 0.1) is 17.1 Å². The molecule has 29 heavy (non-hydrogen) atoms. The number of nitrogens with zero attached hydrogens (tertiary/aromatic N) is 2. The van der Waals surface area contributed by atoms with Gasteiger partial charge in [0.2, 0.25) is 10.0 Å². The van der Waals surface area contributed by atoms with E-state index in [9.17, 15) is 18.0 Å². The van der Waals surface area contributed by atoms with E-state index in [0.29, 0.717) is 24.2 Å². The summed E-state index contributed by atoms with van der Waals surface area (Å²) >= 11 is 3.35. The smallest absolute Gasteiger partial charge is 0.338 e. The number of hydrogen-bond acceptors (Lipinski definition) is 5. The van der Waals surface area contributed by atoms with Gasteiger partial charge in [0.25, 0.3) is 5.91 Å². The van der Waals surface area contributed by atoms with Crippen LogP contribution in [0.4, 0.5) is 0 Å². The SMILES string of the molecule is CCOC(=O)c1ccc(S(=O)(=O)N2CCN(C(=O)c3cccc(Br)c3)CC2)cc1. The van der Waals surface area contributed by atoms with Gasteiger partial charge in [-0.1, -0.05) is 22.0 Å². The lowest BCUT2D eigenvalue weighted by molar-refractivity contribution is 0.0526. The van der Waals surface area contributed by atoms with Crippen LogP contribution in [0, 0.1) is 0 Å². The highest BCUT2D eigenvalue weighted by molar-refractivity contribution is 9.10. The molecular formula is C20H21BrN2O5S. The number of esters is 1. The number of carbonyl (C=O) groups excluding carboxylic acids is 2. The second kappa shape index (κ2) is 9.06. The molecule has 0 atom stereocenters. The fraction of sp³-hybridized carbons (Fsp3) is 0.300. The Morgan fingerprint density at radius 2 is 1.66 bits per heavy atom. The summed E-state index contributed by atoms with van der Waals surface area (Å²) in [5.41, 5.74) is 0.862. The Morgan fingerprint density at radius 1 is 1.00 bits per heavy atom. The van der Waals surface area contributed by atoms with Crippen molar-refractivity contribution in [3.8, 4) is 0 Å². The summed E-state index contributed by atoms with van der Waals surface area (Å²) in [4.78, 5) is 26.1. The number of benzene rings is 2. The summed E-state index contributed by atoms with van der Waals surface area (Å²) < 4.78 is 32.9. The van der Waals surface area contributed by atoms with Crippen molar-refractivity contribution in [3.63, 3.8) is 0 Å². The first kappa shape index (κ1) is 21.5. The molecule has 1 aliphatic heterocycles. The van der Waals surface area contributed by atoms with Crippen LogP contribution in [0.25, 0.3) is 0 Å². The maximum Gasteiger partial charge on any atom is 0.338 e. The Bertz CT molecular complexity index is 1000. The van der Waals surface area contributed by atoms with Gasteiger partial charge in [0, 0.05) is 36.2 Å². The fourth-order valence-corrected chi connectivity index (χ4v) is 4.88. The third-order valence-corrected chi connectivity index (χ3v) is 7.01. The average Bonchev–Trinajstić information content (AvgIpc) is 2.73. The molecule has 0 unspecified atom stereocenters. The van der Waals surface area contributed by atoms with Crippen LogP contribution < -0.4 is 0 Å². The van der Waals surface area contributed by atoms with Crippen LogP contribution in [-0.4, -0.2) is 62.3 Å². The van der Waals surface area contributed by atoms with E-state index in [2.05, 4.69) is 15.9 Å². The molecule has 0 radical (unpaired) electrons. The number of halogens is 1. The number of amides is 1. The van der Waals surface area contributed by atoms with Crippen LogP contribution in [0.3, 0.4) is 0 Å². The minimum atomic E-state index is -3.70. The van der Waals surface area contributed by atoms with Crippen LogP contribution in [0.5, 0.6) is 0 Å². The lowest BCUT2D eigenvalue weighted by Gasteiger charge is -2.34. The molecule has 0 N–H and O–H groups in total. The molecule has 0 spiro atoms. The molecule has 2 aromatic carbocycles. The van der Waals surface area contributed by atoms with Crippen LogP contribution in [-0.2, 0) is 14.8 Å². The zero-order valence-corrected chi connectivity index (χ0v) is 18.3. The molecule has 0 saturated carbocycles. The number of hydrogen-bond donors (Lipinski definition) is 0. The molecule has 7 nitrogen and oxygen atoms in total. The highest BCUT2D eigenvalue weighted by Crippen LogP contribution is 2.20. The van der Waals surface area contributed by atoms with Gasteiger partial charge in [-0.3, -0.25) is 4.79 Å². The van der Waals surface area contributed by atoms with Crippen molar-refractivity contribution in [2.45, 2.75) is 11.8 Å². The molecule has 1 fully saturated rings. The van der Waals surface area contributed by atoms with Crippen molar-refractivity contribution >= 4 is 37.8 Å². The Kier molecular flexibility index (Phi) is 6.71. The number of piperazine rings is 1. The summed E-state index contributed by atoms with van der Waals surface area (Å²) in [7, 11) is -3.70. The molecule has 9 heteroatoms. The van der Waals surface area contributed by atoms with Gasteiger partial charge >= 0.3 is 5.97 Å². The maximum absolute atomic E-state index is 12.9. The van der Waals surface area contributed by atoms with Crippen molar-refractivity contribution in [1.82, 2.24) is 9.21 Å². The minimum Gasteiger partial charge on any atom is -0.462 e. The Hall–Kier alpha value is -2.23. The van der Waals surface area contributed by atoms with Crippen LogP contribution in [0.15, 0.2) is 57.9 Å². The first-order valence-corrected chi connectivity index (χ1v) is 11.4. The number of carbonyl (C=O) groups is 2. The van der Waals surface area contributed by atoms with Crippen LogP contribution in [0.2, 0.25) is 0 Å². The molecule has 2 aromatic rings. The largest absolute Gasteiger partial charge is 0.462 e. The quantitative estimate of drug-likeness (QED) is 0.614. The zero-order chi connectivity index (χ0) is 21.0. The summed E-state index contributed by atoms with van der Waals surface area (Å²) in [5, 5.41) is 0.